The highest BCUT2D eigenvalue weighted by Gasteiger charge is 2.28. The summed E-state index contributed by atoms with van der Waals surface area (Å²) in [6.07, 6.45) is 11.5. The summed E-state index contributed by atoms with van der Waals surface area (Å²) >= 11 is 0. The maximum Gasteiger partial charge on any atom is 0.186 e. The van der Waals surface area contributed by atoms with E-state index in [1.54, 1.807) is 0 Å². The third kappa shape index (κ3) is 8.65. The standard InChI is InChI=1S/C18H34OSi2/c1-18(19-21(5,6)7,15-16-20(2,3)4)14-13-17-11-9-8-10-12-17/h13-14,17H,8-12H2,1-7H3/b14-13+. The lowest BCUT2D eigenvalue weighted by atomic mass is 9.88. The maximum absolute atomic E-state index is 6.41. The van der Waals surface area contributed by atoms with E-state index in [-0.39, 0.29) is 0 Å². The van der Waals surface area contributed by atoms with Crippen molar-refractivity contribution < 1.29 is 4.43 Å². The van der Waals surface area contributed by atoms with Gasteiger partial charge in [-0.3, -0.25) is 0 Å². The van der Waals surface area contributed by atoms with Crippen molar-refractivity contribution in [1.82, 2.24) is 0 Å². The van der Waals surface area contributed by atoms with Gasteiger partial charge in [0.05, 0.1) is 0 Å². The first-order chi connectivity index (χ1) is 9.49. The predicted octanol–water partition coefficient (Wildman–Crippen LogP) is 5.61. The van der Waals surface area contributed by atoms with Crippen LogP contribution in [-0.2, 0) is 4.43 Å². The summed E-state index contributed by atoms with van der Waals surface area (Å²) < 4.78 is 6.41. The van der Waals surface area contributed by atoms with Crippen molar-refractivity contribution in [2.45, 2.75) is 83.9 Å². The van der Waals surface area contributed by atoms with Crippen LogP contribution in [0.4, 0.5) is 0 Å². The predicted molar refractivity (Wildman–Crippen MR) is 99.7 cm³/mol. The number of allylic oxidation sites excluding steroid dienone is 1. The van der Waals surface area contributed by atoms with Crippen LogP contribution in [0.3, 0.4) is 0 Å². The fourth-order valence-electron chi connectivity index (χ4n) is 2.70. The zero-order valence-electron chi connectivity index (χ0n) is 15.2. The van der Waals surface area contributed by atoms with Crippen LogP contribution in [0, 0.1) is 17.4 Å². The first-order valence-corrected chi connectivity index (χ1v) is 15.3. The Morgan fingerprint density at radius 3 is 2.05 bits per heavy atom. The Kier molecular flexibility index (Phi) is 6.52. The summed E-state index contributed by atoms with van der Waals surface area (Å²) in [5, 5.41) is 0. The van der Waals surface area contributed by atoms with Gasteiger partial charge in [0.2, 0.25) is 0 Å². The molecule has 1 aliphatic carbocycles. The summed E-state index contributed by atoms with van der Waals surface area (Å²) in [6, 6.07) is 0. The molecular weight excluding hydrogens is 288 g/mol. The van der Waals surface area contributed by atoms with Gasteiger partial charge in [0.15, 0.2) is 8.32 Å². The summed E-state index contributed by atoms with van der Waals surface area (Å²) in [5.41, 5.74) is 3.11. The molecule has 0 aliphatic heterocycles. The van der Waals surface area contributed by atoms with E-state index in [1.807, 2.05) is 0 Å². The molecule has 0 aromatic rings. The first-order valence-electron chi connectivity index (χ1n) is 8.43. The molecule has 0 N–H and O–H groups in total. The van der Waals surface area contributed by atoms with E-state index >= 15 is 0 Å². The molecule has 1 nitrogen and oxygen atoms in total. The van der Waals surface area contributed by atoms with E-state index in [1.165, 1.54) is 32.1 Å². The monoisotopic (exact) mass is 322 g/mol. The van der Waals surface area contributed by atoms with Crippen LogP contribution in [0.2, 0.25) is 39.3 Å². The van der Waals surface area contributed by atoms with E-state index in [4.69, 9.17) is 4.43 Å². The van der Waals surface area contributed by atoms with E-state index in [0.29, 0.717) is 0 Å². The second-order valence-corrected chi connectivity index (χ2v) is 17.8. The van der Waals surface area contributed by atoms with Gasteiger partial charge in [-0.1, -0.05) is 50.9 Å². The van der Waals surface area contributed by atoms with Gasteiger partial charge in [-0.25, -0.2) is 0 Å². The van der Waals surface area contributed by atoms with E-state index in [2.05, 4.69) is 69.8 Å². The quantitative estimate of drug-likeness (QED) is 0.371. The maximum atomic E-state index is 6.41. The molecule has 0 saturated heterocycles. The third-order valence-electron chi connectivity index (χ3n) is 3.54. The lowest BCUT2D eigenvalue weighted by Crippen LogP contribution is -2.39. The lowest BCUT2D eigenvalue weighted by molar-refractivity contribution is 0.193. The molecule has 1 atom stereocenters. The average Bonchev–Trinajstić information content (AvgIpc) is 2.33. The highest BCUT2D eigenvalue weighted by Crippen LogP contribution is 2.27. The van der Waals surface area contributed by atoms with Crippen LogP contribution in [0.15, 0.2) is 12.2 Å². The minimum atomic E-state index is -1.61. The summed E-state index contributed by atoms with van der Waals surface area (Å²) in [7, 11) is -2.98. The van der Waals surface area contributed by atoms with Gasteiger partial charge >= 0.3 is 0 Å². The highest BCUT2D eigenvalue weighted by molar-refractivity contribution is 6.83. The molecule has 3 heteroatoms. The van der Waals surface area contributed by atoms with Crippen LogP contribution in [0.25, 0.3) is 0 Å². The molecule has 1 unspecified atom stereocenters. The normalized spacial score (nSPS) is 20.9. The third-order valence-corrected chi connectivity index (χ3v) is 5.45. The van der Waals surface area contributed by atoms with Crippen molar-refractivity contribution in [3.05, 3.63) is 12.2 Å². The zero-order chi connectivity index (χ0) is 16.1. The minimum Gasteiger partial charge on any atom is -0.399 e. The average molecular weight is 323 g/mol. The van der Waals surface area contributed by atoms with Gasteiger partial charge in [0, 0.05) is 0 Å². The molecule has 0 aromatic heterocycles. The molecule has 0 aromatic carbocycles. The Bertz CT molecular complexity index is 411. The molecule has 0 spiro atoms. The topological polar surface area (TPSA) is 9.23 Å². The van der Waals surface area contributed by atoms with Gasteiger partial charge in [0.25, 0.3) is 0 Å². The fourth-order valence-corrected chi connectivity index (χ4v) is 4.71. The van der Waals surface area contributed by atoms with Crippen LogP contribution in [0.5, 0.6) is 0 Å². The van der Waals surface area contributed by atoms with Gasteiger partial charge in [-0.05, 0) is 51.4 Å². The van der Waals surface area contributed by atoms with Gasteiger partial charge in [0.1, 0.15) is 13.7 Å². The summed E-state index contributed by atoms with van der Waals surface area (Å²) in [5.74, 6) is 4.20. The van der Waals surface area contributed by atoms with Crippen LogP contribution in [-0.4, -0.2) is 22.0 Å². The molecule has 1 fully saturated rings. The summed E-state index contributed by atoms with van der Waals surface area (Å²) in [4.78, 5) is 0. The molecule has 0 heterocycles. The summed E-state index contributed by atoms with van der Waals surface area (Å²) in [6.45, 7) is 15.8. The van der Waals surface area contributed by atoms with Crippen LogP contribution in [0.1, 0.15) is 39.0 Å². The highest BCUT2D eigenvalue weighted by atomic mass is 28.4. The van der Waals surface area contributed by atoms with Crippen molar-refractivity contribution in [1.29, 1.82) is 0 Å². The molecular formula is C18H34OSi2. The van der Waals surface area contributed by atoms with E-state index in [0.717, 1.165) is 5.92 Å². The smallest absolute Gasteiger partial charge is 0.186 e. The Balaban J connectivity index is 2.89. The molecule has 0 radical (unpaired) electrons. The van der Waals surface area contributed by atoms with Gasteiger partial charge < -0.3 is 4.43 Å². The van der Waals surface area contributed by atoms with Crippen LogP contribution < -0.4 is 0 Å². The molecule has 0 bridgehead atoms. The van der Waals surface area contributed by atoms with E-state index < -0.39 is 22.0 Å². The first kappa shape index (κ1) is 18.7. The molecule has 21 heavy (non-hydrogen) atoms. The molecule has 1 rings (SSSR count). The second-order valence-electron chi connectivity index (χ2n) is 8.58. The SMILES string of the molecule is CC(C#C[Si](C)(C)C)(/C=C/C1CCCCC1)O[Si](C)(C)C. The Hall–Kier alpha value is -0.306. The Morgan fingerprint density at radius 1 is 1.00 bits per heavy atom. The van der Waals surface area contributed by atoms with E-state index in [9.17, 15) is 0 Å². The Morgan fingerprint density at radius 2 is 1.57 bits per heavy atom. The van der Waals surface area contributed by atoms with Crippen molar-refractivity contribution in [2.24, 2.45) is 5.92 Å². The Labute approximate surface area is 134 Å². The zero-order valence-corrected chi connectivity index (χ0v) is 17.2. The number of rotatable bonds is 4. The second kappa shape index (κ2) is 7.31. The fraction of sp³-hybridized carbons (Fsp3) is 0.778. The lowest BCUT2D eigenvalue weighted by Gasteiger charge is -2.30. The van der Waals surface area contributed by atoms with Crippen molar-refractivity contribution >= 4 is 16.4 Å². The largest absolute Gasteiger partial charge is 0.399 e. The molecule has 0 amide bonds. The number of hydrogen-bond acceptors (Lipinski definition) is 1. The minimum absolute atomic E-state index is 0.401. The van der Waals surface area contributed by atoms with Crippen molar-refractivity contribution in [3.63, 3.8) is 0 Å². The van der Waals surface area contributed by atoms with Gasteiger partial charge in [-0.15, -0.1) is 5.54 Å². The molecule has 1 aliphatic rings. The van der Waals surface area contributed by atoms with Crippen molar-refractivity contribution in [3.8, 4) is 11.5 Å². The molecule has 1 saturated carbocycles. The number of hydrogen-bond donors (Lipinski definition) is 0. The van der Waals surface area contributed by atoms with Crippen molar-refractivity contribution in [2.75, 3.05) is 0 Å². The van der Waals surface area contributed by atoms with Crippen LogP contribution >= 0.6 is 0 Å². The molecule has 120 valence electrons. The van der Waals surface area contributed by atoms with Gasteiger partial charge in [-0.2, -0.15) is 0 Å².